The van der Waals surface area contributed by atoms with Crippen LogP contribution < -0.4 is 0 Å². The molecule has 90 valence electrons. The molecular formula is C14H30N+. The van der Waals surface area contributed by atoms with Gasteiger partial charge in [0.25, 0.3) is 0 Å². The van der Waals surface area contributed by atoms with Crippen LogP contribution in [0.5, 0.6) is 0 Å². The number of unbranched alkanes of at least 4 members (excludes halogenated alkanes) is 5. The standard InChI is InChI=1S/C14H30N/c1-4-7-10-11-14-15(12-8-5-2)13-9-6-3/h14H,4-13H2,1-3H3/q+1. The lowest BCUT2D eigenvalue weighted by Crippen LogP contribution is -2.16. The zero-order valence-electron chi connectivity index (χ0n) is 11.1. The van der Waals surface area contributed by atoms with Gasteiger partial charge in [-0.05, 0) is 6.42 Å². The van der Waals surface area contributed by atoms with E-state index in [1.54, 1.807) is 0 Å². The summed E-state index contributed by atoms with van der Waals surface area (Å²) in [5, 5.41) is 0. The predicted molar refractivity (Wildman–Crippen MR) is 70.0 cm³/mol. The van der Waals surface area contributed by atoms with E-state index in [0.717, 1.165) is 0 Å². The fourth-order valence-corrected chi connectivity index (χ4v) is 1.68. The zero-order valence-corrected chi connectivity index (χ0v) is 11.1. The van der Waals surface area contributed by atoms with Crippen molar-refractivity contribution in [1.29, 1.82) is 0 Å². The van der Waals surface area contributed by atoms with E-state index < -0.39 is 0 Å². The fourth-order valence-electron chi connectivity index (χ4n) is 1.68. The minimum Gasteiger partial charge on any atom is -0.240 e. The summed E-state index contributed by atoms with van der Waals surface area (Å²) in [5.74, 6) is 0. The highest BCUT2D eigenvalue weighted by molar-refractivity contribution is 5.50. The maximum atomic E-state index is 2.54. The summed E-state index contributed by atoms with van der Waals surface area (Å²) in [6.07, 6.45) is 13.1. The van der Waals surface area contributed by atoms with Crippen LogP contribution in [0.1, 0.15) is 72.1 Å². The molecule has 1 nitrogen and oxygen atoms in total. The Morgan fingerprint density at radius 3 is 1.73 bits per heavy atom. The first-order chi connectivity index (χ1) is 7.35. The molecular weight excluding hydrogens is 182 g/mol. The molecule has 0 aliphatic heterocycles. The van der Waals surface area contributed by atoms with Crippen LogP contribution in [0.15, 0.2) is 0 Å². The summed E-state index contributed by atoms with van der Waals surface area (Å²) in [7, 11) is 0. The van der Waals surface area contributed by atoms with Crippen molar-refractivity contribution in [2.75, 3.05) is 13.1 Å². The second-order valence-corrected chi connectivity index (χ2v) is 4.42. The topological polar surface area (TPSA) is 3.01 Å². The Balaban J connectivity index is 3.74. The van der Waals surface area contributed by atoms with Gasteiger partial charge in [0.15, 0.2) is 0 Å². The third-order valence-corrected chi connectivity index (χ3v) is 2.79. The molecule has 1 heteroatoms. The average Bonchev–Trinajstić information content (AvgIpc) is 2.27. The van der Waals surface area contributed by atoms with Crippen molar-refractivity contribution in [1.82, 2.24) is 0 Å². The lowest BCUT2D eigenvalue weighted by Gasteiger charge is -2.02. The smallest absolute Gasteiger partial charge is 0.142 e. The predicted octanol–water partition coefficient (Wildman–Crippen LogP) is 4.25. The van der Waals surface area contributed by atoms with E-state index in [9.17, 15) is 0 Å². The molecule has 0 radical (unpaired) electrons. The first-order valence-corrected chi connectivity index (χ1v) is 6.92. The second-order valence-electron chi connectivity index (χ2n) is 4.42. The van der Waals surface area contributed by atoms with Crippen molar-refractivity contribution >= 4 is 6.21 Å². The highest BCUT2D eigenvalue weighted by Gasteiger charge is 2.01. The van der Waals surface area contributed by atoms with E-state index in [2.05, 4.69) is 31.6 Å². The Morgan fingerprint density at radius 2 is 1.27 bits per heavy atom. The van der Waals surface area contributed by atoms with Crippen LogP contribution >= 0.6 is 0 Å². The first kappa shape index (κ1) is 14.7. The summed E-state index contributed by atoms with van der Waals surface area (Å²) in [5.41, 5.74) is 0. The molecule has 0 saturated carbocycles. The van der Waals surface area contributed by atoms with Gasteiger partial charge in [-0.2, -0.15) is 0 Å². The number of rotatable bonds is 10. The summed E-state index contributed by atoms with van der Waals surface area (Å²) in [6, 6.07) is 0. The highest BCUT2D eigenvalue weighted by Crippen LogP contribution is 1.98. The minimum absolute atomic E-state index is 1.27. The van der Waals surface area contributed by atoms with Crippen molar-refractivity contribution in [2.24, 2.45) is 0 Å². The van der Waals surface area contributed by atoms with Crippen LogP contribution in [0.3, 0.4) is 0 Å². The Morgan fingerprint density at radius 1 is 0.733 bits per heavy atom. The Hall–Kier alpha value is -0.330. The van der Waals surface area contributed by atoms with Crippen LogP contribution in [-0.2, 0) is 0 Å². The van der Waals surface area contributed by atoms with Gasteiger partial charge in [-0.1, -0.05) is 46.5 Å². The number of hydrogen-bond donors (Lipinski definition) is 0. The maximum Gasteiger partial charge on any atom is 0.142 e. The quantitative estimate of drug-likeness (QED) is 0.289. The molecule has 0 amide bonds. The molecule has 15 heavy (non-hydrogen) atoms. The van der Waals surface area contributed by atoms with Gasteiger partial charge in [-0.25, -0.2) is 4.58 Å². The molecule has 0 spiro atoms. The third kappa shape index (κ3) is 9.96. The number of hydrogen-bond acceptors (Lipinski definition) is 0. The van der Waals surface area contributed by atoms with Gasteiger partial charge in [0.2, 0.25) is 0 Å². The molecule has 0 aliphatic carbocycles. The van der Waals surface area contributed by atoms with E-state index in [4.69, 9.17) is 0 Å². The van der Waals surface area contributed by atoms with E-state index in [1.807, 2.05) is 0 Å². The van der Waals surface area contributed by atoms with Crippen LogP contribution in [-0.4, -0.2) is 23.9 Å². The molecule has 0 saturated heterocycles. The number of nitrogens with zero attached hydrogens (tertiary/aromatic N) is 1. The van der Waals surface area contributed by atoms with Crippen molar-refractivity contribution in [3.63, 3.8) is 0 Å². The van der Waals surface area contributed by atoms with E-state index in [-0.39, 0.29) is 0 Å². The lowest BCUT2D eigenvalue weighted by molar-refractivity contribution is -0.525. The molecule has 0 fully saturated rings. The van der Waals surface area contributed by atoms with Crippen LogP contribution in [0.25, 0.3) is 0 Å². The normalized spacial score (nSPS) is 10.3. The summed E-state index contributed by atoms with van der Waals surface area (Å²) in [6.45, 7) is 9.35. The molecule has 0 bridgehead atoms. The molecule has 0 aromatic heterocycles. The van der Waals surface area contributed by atoms with Crippen LogP contribution in [0.4, 0.5) is 0 Å². The molecule has 0 atom stereocenters. The molecule has 0 aromatic rings. The van der Waals surface area contributed by atoms with Crippen molar-refractivity contribution in [2.45, 2.75) is 72.1 Å². The molecule has 0 heterocycles. The van der Waals surface area contributed by atoms with E-state index in [1.165, 1.54) is 64.5 Å². The van der Waals surface area contributed by atoms with Crippen LogP contribution in [0.2, 0.25) is 0 Å². The zero-order chi connectivity index (χ0) is 11.4. The van der Waals surface area contributed by atoms with Gasteiger partial charge in [0.1, 0.15) is 19.3 Å². The minimum atomic E-state index is 1.27. The van der Waals surface area contributed by atoms with Gasteiger partial charge in [-0.3, -0.25) is 0 Å². The largest absolute Gasteiger partial charge is 0.240 e. The summed E-state index contributed by atoms with van der Waals surface area (Å²) < 4.78 is 2.54. The third-order valence-electron chi connectivity index (χ3n) is 2.79. The summed E-state index contributed by atoms with van der Waals surface area (Å²) in [4.78, 5) is 0. The van der Waals surface area contributed by atoms with Crippen molar-refractivity contribution < 1.29 is 4.58 Å². The lowest BCUT2D eigenvalue weighted by atomic mass is 10.2. The molecule has 0 rings (SSSR count). The van der Waals surface area contributed by atoms with Gasteiger partial charge in [0, 0.05) is 19.3 Å². The molecule has 0 unspecified atom stereocenters. The first-order valence-electron chi connectivity index (χ1n) is 6.92. The van der Waals surface area contributed by atoms with E-state index >= 15 is 0 Å². The monoisotopic (exact) mass is 212 g/mol. The SMILES string of the molecule is CCCCCC=[N+](CCCC)CCCC. The van der Waals surface area contributed by atoms with Gasteiger partial charge >= 0.3 is 0 Å². The highest BCUT2D eigenvalue weighted by atomic mass is 15.0. The summed E-state index contributed by atoms with van der Waals surface area (Å²) >= 11 is 0. The van der Waals surface area contributed by atoms with Gasteiger partial charge in [-0.15, -0.1) is 0 Å². The fraction of sp³-hybridized carbons (Fsp3) is 0.929. The average molecular weight is 212 g/mol. The molecule has 0 N–H and O–H groups in total. The van der Waals surface area contributed by atoms with Crippen LogP contribution in [0, 0.1) is 0 Å². The maximum absolute atomic E-state index is 2.54. The second kappa shape index (κ2) is 11.7. The van der Waals surface area contributed by atoms with Crippen molar-refractivity contribution in [3.05, 3.63) is 0 Å². The molecule has 0 aliphatic rings. The Labute approximate surface area is 96.6 Å². The Kier molecular flexibility index (Phi) is 11.5. The molecule has 0 aromatic carbocycles. The van der Waals surface area contributed by atoms with Gasteiger partial charge < -0.3 is 0 Å². The van der Waals surface area contributed by atoms with Gasteiger partial charge in [0.05, 0.1) is 0 Å². The van der Waals surface area contributed by atoms with Crippen molar-refractivity contribution in [3.8, 4) is 0 Å². The Bertz CT molecular complexity index is 139. The van der Waals surface area contributed by atoms with E-state index in [0.29, 0.717) is 0 Å².